The third-order valence-corrected chi connectivity index (χ3v) is 3.51. The number of nitrogens with zero attached hydrogens (tertiary/aromatic N) is 2. The molecule has 6 nitrogen and oxygen atoms in total. The summed E-state index contributed by atoms with van der Waals surface area (Å²) in [5.41, 5.74) is 0. The van der Waals surface area contributed by atoms with Gasteiger partial charge in [0.2, 0.25) is 11.8 Å². The Balaban J connectivity index is 1.61. The molecule has 92 valence electrons. The average Bonchev–Trinajstić information content (AvgIpc) is 2.82. The van der Waals surface area contributed by atoms with Crippen molar-refractivity contribution in [2.24, 2.45) is 5.92 Å². The van der Waals surface area contributed by atoms with Crippen LogP contribution in [0.25, 0.3) is 0 Å². The second-order valence-electron chi connectivity index (χ2n) is 4.71. The fraction of sp³-hybridized carbons (Fsp3) is 0.727. The topological polar surface area (TPSA) is 80.0 Å². The molecule has 0 radical (unpaired) electrons. The molecule has 1 aliphatic carbocycles. The van der Waals surface area contributed by atoms with Gasteiger partial charge in [0.15, 0.2) is 0 Å². The van der Waals surface area contributed by atoms with E-state index in [2.05, 4.69) is 20.8 Å². The number of aromatic nitrogens is 2. The molecule has 2 fully saturated rings. The van der Waals surface area contributed by atoms with E-state index in [1.165, 1.54) is 0 Å². The Morgan fingerprint density at radius 2 is 2.18 bits per heavy atom. The molecule has 3 rings (SSSR count). The molecule has 2 aliphatic rings. The lowest BCUT2D eigenvalue weighted by molar-refractivity contribution is -0.122. The molecule has 1 aromatic heterocycles. The first-order valence-electron chi connectivity index (χ1n) is 6.20. The van der Waals surface area contributed by atoms with Gasteiger partial charge in [0, 0.05) is 5.92 Å². The molecule has 1 saturated carbocycles. The second-order valence-corrected chi connectivity index (χ2v) is 4.71. The molecular formula is C11H16N4O2. The Morgan fingerprint density at radius 3 is 2.82 bits per heavy atom. The van der Waals surface area contributed by atoms with Gasteiger partial charge >= 0.3 is 6.01 Å². The number of anilines is 1. The Bertz CT molecular complexity index is 407. The predicted molar refractivity (Wildman–Crippen MR) is 60.2 cm³/mol. The Labute approximate surface area is 99.2 Å². The quantitative estimate of drug-likeness (QED) is 0.825. The first kappa shape index (κ1) is 10.7. The van der Waals surface area contributed by atoms with E-state index in [0.717, 1.165) is 38.6 Å². The van der Waals surface area contributed by atoms with E-state index in [4.69, 9.17) is 4.42 Å². The van der Waals surface area contributed by atoms with Crippen molar-refractivity contribution < 1.29 is 9.21 Å². The van der Waals surface area contributed by atoms with E-state index >= 15 is 0 Å². The van der Waals surface area contributed by atoms with Crippen LogP contribution in [0.2, 0.25) is 0 Å². The molecular weight excluding hydrogens is 220 g/mol. The zero-order chi connectivity index (χ0) is 11.7. The summed E-state index contributed by atoms with van der Waals surface area (Å²) in [6.07, 6.45) is 5.21. The van der Waals surface area contributed by atoms with Crippen LogP contribution in [0.3, 0.4) is 0 Å². The summed E-state index contributed by atoms with van der Waals surface area (Å²) in [6.45, 7) is 0.983. The van der Waals surface area contributed by atoms with Crippen molar-refractivity contribution in [3.05, 3.63) is 5.89 Å². The molecule has 2 N–H and O–H groups in total. The zero-order valence-electron chi connectivity index (χ0n) is 9.61. The Morgan fingerprint density at radius 1 is 1.29 bits per heavy atom. The fourth-order valence-electron chi connectivity index (χ4n) is 2.20. The molecule has 17 heavy (non-hydrogen) atoms. The number of carbonyl (C=O) groups excluding carboxylic acids is 1. The highest BCUT2D eigenvalue weighted by molar-refractivity contribution is 5.91. The summed E-state index contributed by atoms with van der Waals surface area (Å²) in [4.78, 5) is 11.7. The van der Waals surface area contributed by atoms with E-state index in [1.807, 2.05) is 0 Å². The summed E-state index contributed by atoms with van der Waals surface area (Å²) in [5, 5.41) is 13.8. The van der Waals surface area contributed by atoms with Gasteiger partial charge in [0.1, 0.15) is 0 Å². The number of rotatable bonds is 3. The number of nitrogens with one attached hydrogen (secondary N) is 2. The largest absolute Gasteiger partial charge is 0.406 e. The van der Waals surface area contributed by atoms with Crippen molar-refractivity contribution >= 4 is 11.9 Å². The Hall–Kier alpha value is -1.43. The van der Waals surface area contributed by atoms with Crippen LogP contribution in [0.4, 0.5) is 6.01 Å². The maximum atomic E-state index is 11.7. The molecule has 0 bridgehead atoms. The van der Waals surface area contributed by atoms with Gasteiger partial charge in [-0.2, -0.15) is 0 Å². The second kappa shape index (κ2) is 4.44. The SMILES string of the molecule is O=C(Nc1nnc(C2CCCN2)o1)C1CCC1. The molecule has 0 aromatic carbocycles. The van der Waals surface area contributed by atoms with Crippen LogP contribution >= 0.6 is 0 Å². The minimum atomic E-state index is 0.00540. The fourth-order valence-corrected chi connectivity index (χ4v) is 2.20. The van der Waals surface area contributed by atoms with Crippen LogP contribution in [0, 0.1) is 5.92 Å². The van der Waals surface area contributed by atoms with E-state index in [0.29, 0.717) is 5.89 Å². The molecule has 6 heteroatoms. The first-order valence-corrected chi connectivity index (χ1v) is 6.20. The van der Waals surface area contributed by atoms with E-state index in [9.17, 15) is 4.79 Å². The number of hydrogen-bond donors (Lipinski definition) is 2. The van der Waals surface area contributed by atoms with Gasteiger partial charge in [-0.25, -0.2) is 0 Å². The summed E-state index contributed by atoms with van der Waals surface area (Å²) in [5.74, 6) is 0.715. The van der Waals surface area contributed by atoms with Crippen molar-refractivity contribution in [2.45, 2.75) is 38.1 Å². The maximum Gasteiger partial charge on any atom is 0.322 e. The molecule has 0 spiro atoms. The lowest BCUT2D eigenvalue weighted by atomic mass is 9.85. The normalized spacial score (nSPS) is 24.6. The summed E-state index contributed by atoms with van der Waals surface area (Å²) in [7, 11) is 0. The van der Waals surface area contributed by atoms with Gasteiger partial charge in [-0.1, -0.05) is 11.5 Å². The van der Waals surface area contributed by atoms with Gasteiger partial charge in [-0.15, -0.1) is 5.10 Å². The van der Waals surface area contributed by atoms with E-state index < -0.39 is 0 Å². The van der Waals surface area contributed by atoms with Crippen LogP contribution < -0.4 is 10.6 Å². The average molecular weight is 236 g/mol. The Kier molecular flexibility index (Phi) is 2.80. The lowest BCUT2D eigenvalue weighted by Gasteiger charge is -2.22. The van der Waals surface area contributed by atoms with E-state index in [-0.39, 0.29) is 23.9 Å². The van der Waals surface area contributed by atoms with Gasteiger partial charge in [-0.05, 0) is 32.2 Å². The third-order valence-electron chi connectivity index (χ3n) is 3.51. The molecule has 1 aromatic rings. The van der Waals surface area contributed by atoms with Crippen LogP contribution in [0.15, 0.2) is 4.42 Å². The molecule has 2 heterocycles. The number of amides is 1. The third kappa shape index (κ3) is 2.17. The number of carbonyl (C=O) groups is 1. The van der Waals surface area contributed by atoms with Crippen molar-refractivity contribution in [1.82, 2.24) is 15.5 Å². The molecule has 1 amide bonds. The predicted octanol–water partition coefficient (Wildman–Crippen LogP) is 1.23. The molecule has 1 atom stereocenters. The smallest absolute Gasteiger partial charge is 0.322 e. The minimum absolute atomic E-state index is 0.00540. The highest BCUT2D eigenvalue weighted by Gasteiger charge is 2.27. The lowest BCUT2D eigenvalue weighted by Crippen LogP contribution is -2.28. The van der Waals surface area contributed by atoms with Crippen molar-refractivity contribution in [3.63, 3.8) is 0 Å². The van der Waals surface area contributed by atoms with Crippen LogP contribution in [0.1, 0.15) is 44.0 Å². The van der Waals surface area contributed by atoms with Crippen LogP contribution in [-0.4, -0.2) is 22.6 Å². The molecule has 1 unspecified atom stereocenters. The maximum absolute atomic E-state index is 11.7. The van der Waals surface area contributed by atoms with Gasteiger partial charge in [0.05, 0.1) is 6.04 Å². The van der Waals surface area contributed by atoms with Crippen molar-refractivity contribution in [2.75, 3.05) is 11.9 Å². The number of hydrogen-bond acceptors (Lipinski definition) is 5. The molecule has 1 aliphatic heterocycles. The van der Waals surface area contributed by atoms with Crippen LogP contribution in [0.5, 0.6) is 0 Å². The highest BCUT2D eigenvalue weighted by Crippen LogP contribution is 2.28. The molecule has 1 saturated heterocycles. The van der Waals surface area contributed by atoms with Gasteiger partial charge < -0.3 is 9.73 Å². The van der Waals surface area contributed by atoms with E-state index in [1.54, 1.807) is 0 Å². The minimum Gasteiger partial charge on any atom is -0.406 e. The summed E-state index contributed by atoms with van der Waals surface area (Å²) >= 11 is 0. The standard InChI is InChI=1S/C11H16N4O2/c16-9(7-3-1-4-7)13-11-15-14-10(17-11)8-5-2-6-12-8/h7-8,12H,1-6H2,(H,13,15,16). The monoisotopic (exact) mass is 236 g/mol. The highest BCUT2D eigenvalue weighted by atomic mass is 16.4. The van der Waals surface area contributed by atoms with Crippen molar-refractivity contribution in [1.29, 1.82) is 0 Å². The van der Waals surface area contributed by atoms with Gasteiger partial charge in [-0.3, -0.25) is 10.1 Å². The first-order chi connectivity index (χ1) is 8.33. The van der Waals surface area contributed by atoms with Gasteiger partial charge in [0.25, 0.3) is 0 Å². The van der Waals surface area contributed by atoms with Crippen LogP contribution in [-0.2, 0) is 4.79 Å². The summed E-state index contributed by atoms with van der Waals surface area (Å²) < 4.78 is 5.44. The van der Waals surface area contributed by atoms with Crippen molar-refractivity contribution in [3.8, 4) is 0 Å². The zero-order valence-corrected chi connectivity index (χ0v) is 9.61. The summed E-state index contributed by atoms with van der Waals surface area (Å²) in [6, 6.07) is 0.377.